The Balaban J connectivity index is 2.10. The van der Waals surface area contributed by atoms with Gasteiger partial charge in [0.15, 0.2) is 0 Å². The van der Waals surface area contributed by atoms with Crippen LogP contribution in [0.15, 0.2) is 102 Å². The molecule has 1 nitrogen and oxygen atoms in total. The lowest BCUT2D eigenvalue weighted by molar-refractivity contribution is 0.138. The van der Waals surface area contributed by atoms with Crippen LogP contribution in [-0.2, 0) is 4.74 Å². The minimum Gasteiger partial charge on any atom is -0.492 e. The van der Waals surface area contributed by atoms with Crippen molar-refractivity contribution in [1.29, 1.82) is 0 Å². The Morgan fingerprint density at radius 1 is 0.600 bits per heavy atom. The van der Waals surface area contributed by atoms with E-state index in [1.165, 1.54) is 46.2 Å². The molecule has 0 saturated heterocycles. The van der Waals surface area contributed by atoms with Gasteiger partial charge in [-0.3, -0.25) is 0 Å². The van der Waals surface area contributed by atoms with Crippen LogP contribution in [0.2, 0.25) is 0 Å². The predicted octanol–water partition coefficient (Wildman–Crippen LogP) is 6.58. The Morgan fingerprint density at radius 3 is 1.47 bits per heavy atom. The van der Waals surface area contributed by atoms with E-state index in [0.717, 1.165) is 12.8 Å². The van der Waals surface area contributed by atoms with Crippen LogP contribution in [0, 0.1) is 0 Å². The van der Waals surface area contributed by atoms with Crippen molar-refractivity contribution in [3.63, 3.8) is 0 Å². The molecule has 0 radical (unpaired) electrons. The van der Waals surface area contributed by atoms with Gasteiger partial charge in [0, 0.05) is 12.8 Å². The molecule has 0 N–H and O–H groups in total. The van der Waals surface area contributed by atoms with Crippen LogP contribution in [0.1, 0.15) is 46.0 Å². The summed E-state index contributed by atoms with van der Waals surface area (Å²) in [6.07, 6.45) is 6.05. The first-order chi connectivity index (χ1) is 14.7. The first-order valence-corrected chi connectivity index (χ1v) is 13.0. The maximum Gasteiger partial charge on any atom is 0.143 e. The Morgan fingerprint density at radius 2 is 1.03 bits per heavy atom. The molecule has 3 aromatic rings. The van der Waals surface area contributed by atoms with Crippen LogP contribution in [0.25, 0.3) is 0 Å². The van der Waals surface area contributed by atoms with Gasteiger partial charge in [-0.1, -0.05) is 61.0 Å². The van der Waals surface area contributed by atoms with E-state index in [1.54, 1.807) is 0 Å². The third kappa shape index (κ3) is 4.09. The van der Waals surface area contributed by atoms with E-state index in [9.17, 15) is 0 Å². The summed E-state index contributed by atoms with van der Waals surface area (Å²) in [7, 11) is -2.01. The summed E-state index contributed by atoms with van der Waals surface area (Å²) in [4.78, 5) is 0. The van der Waals surface area contributed by atoms with Crippen LogP contribution in [-0.4, -0.2) is 6.10 Å². The van der Waals surface area contributed by atoms with Gasteiger partial charge in [-0.15, -0.1) is 0 Å². The standard InChI is InChI=1S/C28H32OP/c1-23(2)29-27-21-13-6-14-22-28(27)30(24-15-7-3-8-16-24,25-17-9-4-10-18-25)26-19-11-5-12-20-26/h3-5,7-12,15-20,23H,6,13-14,21-22H2,1-2H3/q+1. The number of benzene rings is 3. The molecule has 3 aromatic carbocycles. The number of hydrogen-bond donors (Lipinski definition) is 0. The smallest absolute Gasteiger partial charge is 0.143 e. The molecule has 4 rings (SSSR count). The molecule has 0 saturated carbocycles. The number of ether oxygens (including phenoxy) is 1. The highest BCUT2D eigenvalue weighted by Gasteiger charge is 2.51. The fourth-order valence-electron chi connectivity index (χ4n) is 4.67. The summed E-state index contributed by atoms with van der Waals surface area (Å²) in [5.41, 5.74) is 0. The fraction of sp³-hybridized carbons (Fsp3) is 0.286. The molecule has 0 bridgehead atoms. The summed E-state index contributed by atoms with van der Waals surface area (Å²) in [5, 5.41) is 5.80. The number of hydrogen-bond acceptors (Lipinski definition) is 1. The third-order valence-corrected chi connectivity index (χ3v) is 10.4. The molecule has 0 atom stereocenters. The maximum absolute atomic E-state index is 6.56. The molecule has 0 heterocycles. The molecular weight excluding hydrogens is 383 g/mol. The highest BCUT2D eigenvalue weighted by molar-refractivity contribution is 7.99. The Kier molecular flexibility index (Phi) is 6.70. The number of allylic oxidation sites excluding steroid dienone is 2. The third-order valence-electron chi connectivity index (χ3n) is 5.85. The second-order valence-electron chi connectivity index (χ2n) is 8.27. The van der Waals surface area contributed by atoms with Crippen molar-refractivity contribution < 1.29 is 4.74 Å². The van der Waals surface area contributed by atoms with Gasteiger partial charge in [0.05, 0.1) is 6.10 Å². The zero-order valence-electron chi connectivity index (χ0n) is 18.1. The van der Waals surface area contributed by atoms with Crippen LogP contribution in [0.3, 0.4) is 0 Å². The van der Waals surface area contributed by atoms with Gasteiger partial charge in [-0.25, -0.2) is 0 Å². The van der Waals surface area contributed by atoms with E-state index in [4.69, 9.17) is 4.74 Å². The second-order valence-corrected chi connectivity index (χ2v) is 11.7. The Labute approximate surface area is 182 Å². The van der Waals surface area contributed by atoms with E-state index < -0.39 is 7.26 Å². The predicted molar refractivity (Wildman–Crippen MR) is 131 cm³/mol. The SMILES string of the molecule is CC(C)OC1=C([P+](c2ccccc2)(c2ccccc2)c2ccccc2)CCCCC1. The van der Waals surface area contributed by atoms with Gasteiger partial charge in [0.25, 0.3) is 0 Å². The molecule has 1 aliphatic carbocycles. The van der Waals surface area contributed by atoms with Gasteiger partial charge < -0.3 is 4.74 Å². The average Bonchev–Trinajstić information content (AvgIpc) is 3.02. The van der Waals surface area contributed by atoms with Crippen LogP contribution < -0.4 is 15.9 Å². The molecule has 1 aliphatic rings. The first-order valence-electron chi connectivity index (χ1n) is 11.2. The Bertz CT molecular complexity index is 865. The normalized spacial score (nSPS) is 15.2. The molecule has 0 amide bonds. The minimum atomic E-state index is -2.01. The van der Waals surface area contributed by atoms with Crippen LogP contribution in [0.5, 0.6) is 0 Å². The van der Waals surface area contributed by atoms with E-state index in [1.807, 2.05) is 0 Å². The molecule has 0 spiro atoms. The van der Waals surface area contributed by atoms with Crippen molar-refractivity contribution in [3.05, 3.63) is 102 Å². The number of rotatable bonds is 6. The van der Waals surface area contributed by atoms with Gasteiger partial charge in [0.1, 0.15) is 34.2 Å². The lowest BCUT2D eigenvalue weighted by Crippen LogP contribution is -2.33. The Hall–Kier alpha value is -2.37. The molecule has 0 aromatic heterocycles. The highest BCUT2D eigenvalue weighted by atomic mass is 31.2. The summed E-state index contributed by atoms with van der Waals surface area (Å²) in [6, 6.07) is 33.5. The highest BCUT2D eigenvalue weighted by Crippen LogP contribution is 2.65. The molecular formula is C28H32OP+. The van der Waals surface area contributed by atoms with Crippen molar-refractivity contribution >= 4 is 23.2 Å². The van der Waals surface area contributed by atoms with E-state index in [0.29, 0.717) is 0 Å². The lowest BCUT2D eigenvalue weighted by Gasteiger charge is -2.31. The molecule has 2 heteroatoms. The molecule has 0 unspecified atom stereocenters. The zero-order chi connectivity index (χ0) is 20.8. The average molecular weight is 416 g/mol. The van der Waals surface area contributed by atoms with Crippen molar-refractivity contribution in [2.75, 3.05) is 0 Å². The largest absolute Gasteiger partial charge is 0.492 e. The molecule has 0 aliphatic heterocycles. The van der Waals surface area contributed by atoms with E-state index in [-0.39, 0.29) is 6.10 Å². The van der Waals surface area contributed by atoms with E-state index >= 15 is 0 Å². The topological polar surface area (TPSA) is 9.23 Å². The summed E-state index contributed by atoms with van der Waals surface area (Å²) in [5.74, 6) is 1.24. The van der Waals surface area contributed by atoms with Gasteiger partial charge in [-0.05, 0) is 63.1 Å². The van der Waals surface area contributed by atoms with Crippen LogP contribution in [0.4, 0.5) is 0 Å². The fourth-order valence-corrected chi connectivity index (χ4v) is 9.39. The van der Waals surface area contributed by atoms with Gasteiger partial charge >= 0.3 is 0 Å². The monoisotopic (exact) mass is 415 g/mol. The van der Waals surface area contributed by atoms with Crippen molar-refractivity contribution in [2.24, 2.45) is 0 Å². The van der Waals surface area contributed by atoms with Gasteiger partial charge in [-0.2, -0.15) is 0 Å². The van der Waals surface area contributed by atoms with E-state index in [2.05, 4.69) is 105 Å². The summed E-state index contributed by atoms with van der Waals surface area (Å²) < 4.78 is 6.56. The summed E-state index contributed by atoms with van der Waals surface area (Å²) >= 11 is 0. The molecule has 0 fully saturated rings. The lowest BCUT2D eigenvalue weighted by atomic mass is 10.2. The first kappa shape index (κ1) is 20.9. The molecule has 30 heavy (non-hydrogen) atoms. The summed E-state index contributed by atoms with van der Waals surface area (Å²) in [6.45, 7) is 4.31. The second kappa shape index (κ2) is 9.63. The quantitative estimate of drug-likeness (QED) is 0.413. The van der Waals surface area contributed by atoms with Gasteiger partial charge in [0.2, 0.25) is 0 Å². The van der Waals surface area contributed by atoms with Crippen molar-refractivity contribution in [2.45, 2.75) is 52.1 Å². The zero-order valence-corrected chi connectivity index (χ0v) is 19.0. The van der Waals surface area contributed by atoms with Crippen molar-refractivity contribution in [1.82, 2.24) is 0 Å². The van der Waals surface area contributed by atoms with Crippen molar-refractivity contribution in [3.8, 4) is 0 Å². The maximum atomic E-state index is 6.56. The molecule has 154 valence electrons. The van der Waals surface area contributed by atoms with Crippen LogP contribution >= 0.6 is 7.26 Å². The minimum absolute atomic E-state index is 0.192.